The van der Waals surface area contributed by atoms with Crippen LogP contribution >= 0.6 is 11.6 Å². The Hall–Kier alpha value is -1.46. The van der Waals surface area contributed by atoms with Crippen molar-refractivity contribution in [2.24, 2.45) is 0 Å². The minimum absolute atomic E-state index is 0.0903. The topological polar surface area (TPSA) is 29.1 Å². The zero-order valence-electron chi connectivity index (χ0n) is 7.80. The first-order chi connectivity index (χ1) is 6.72. The number of benzene rings is 1. The molecule has 72 valence electrons. The highest BCUT2D eigenvalue weighted by atomic mass is 35.5. The number of alkyl halides is 1. The van der Waals surface area contributed by atoms with Crippen LogP contribution in [0.25, 0.3) is 0 Å². The second kappa shape index (κ2) is 5.31. The summed E-state index contributed by atoms with van der Waals surface area (Å²) in [6.07, 6.45) is 0. The number of hydrogen-bond donors (Lipinski definition) is 1. The van der Waals surface area contributed by atoms with Gasteiger partial charge in [-0.05, 0) is 18.2 Å². The second-order valence-electron chi connectivity index (χ2n) is 2.70. The molecule has 0 bridgehead atoms. The molecule has 0 aliphatic heterocycles. The average Bonchev–Trinajstić information content (AvgIpc) is 2.14. The molecule has 14 heavy (non-hydrogen) atoms. The summed E-state index contributed by atoms with van der Waals surface area (Å²) in [5.74, 6) is 5.84. The van der Waals surface area contributed by atoms with Crippen LogP contribution < -0.4 is 5.32 Å². The van der Waals surface area contributed by atoms with Gasteiger partial charge in [0.1, 0.15) is 0 Å². The number of nitrogens with one attached hydrogen (secondary N) is 1. The Bertz CT molecular complexity index is 390. The van der Waals surface area contributed by atoms with Crippen molar-refractivity contribution >= 4 is 23.2 Å². The largest absolute Gasteiger partial charge is 0.326 e. The van der Waals surface area contributed by atoms with Crippen molar-refractivity contribution in [3.05, 3.63) is 29.8 Å². The van der Waals surface area contributed by atoms with Crippen molar-refractivity contribution in [2.75, 3.05) is 11.2 Å². The molecule has 0 heterocycles. The molecule has 0 unspecified atom stereocenters. The molecule has 1 rings (SSSR count). The maximum absolute atomic E-state index is 10.8. The van der Waals surface area contributed by atoms with E-state index in [1.165, 1.54) is 6.92 Å². The highest BCUT2D eigenvalue weighted by Crippen LogP contribution is 2.09. The van der Waals surface area contributed by atoms with Gasteiger partial charge >= 0.3 is 0 Å². The second-order valence-corrected chi connectivity index (χ2v) is 2.96. The van der Waals surface area contributed by atoms with E-state index >= 15 is 0 Å². The lowest BCUT2D eigenvalue weighted by Gasteiger charge is -2.01. The molecular formula is C11H10ClNO. The maximum Gasteiger partial charge on any atom is 0.221 e. The van der Waals surface area contributed by atoms with Gasteiger partial charge in [-0.2, -0.15) is 0 Å². The molecule has 0 aliphatic rings. The summed E-state index contributed by atoms with van der Waals surface area (Å²) in [4.78, 5) is 10.8. The van der Waals surface area contributed by atoms with Crippen LogP contribution in [-0.4, -0.2) is 11.8 Å². The van der Waals surface area contributed by atoms with Gasteiger partial charge in [-0.1, -0.05) is 17.9 Å². The molecule has 0 fully saturated rings. The Labute approximate surface area is 88.3 Å². The van der Waals surface area contributed by atoms with E-state index in [0.717, 1.165) is 11.3 Å². The van der Waals surface area contributed by atoms with Crippen molar-refractivity contribution in [2.45, 2.75) is 6.92 Å². The predicted molar refractivity (Wildman–Crippen MR) is 58.3 cm³/mol. The number of carbonyl (C=O) groups is 1. The van der Waals surface area contributed by atoms with Gasteiger partial charge in [0.05, 0.1) is 5.88 Å². The molecule has 3 heteroatoms. The summed E-state index contributed by atoms with van der Waals surface area (Å²) in [7, 11) is 0. The summed E-state index contributed by atoms with van der Waals surface area (Å²) < 4.78 is 0. The van der Waals surface area contributed by atoms with Crippen molar-refractivity contribution in [3.8, 4) is 11.8 Å². The van der Waals surface area contributed by atoms with Crippen LogP contribution in [-0.2, 0) is 4.79 Å². The number of halogens is 1. The molecule has 0 radical (unpaired) electrons. The van der Waals surface area contributed by atoms with Crippen molar-refractivity contribution in [1.82, 2.24) is 0 Å². The highest BCUT2D eigenvalue weighted by Gasteiger charge is 1.94. The molecule has 0 spiro atoms. The first-order valence-electron chi connectivity index (χ1n) is 4.15. The normalized spacial score (nSPS) is 8.71. The molecule has 0 atom stereocenters. The van der Waals surface area contributed by atoms with Gasteiger partial charge in [0, 0.05) is 18.2 Å². The molecule has 1 amide bonds. The summed E-state index contributed by atoms with van der Waals surface area (Å²) in [5, 5.41) is 2.68. The van der Waals surface area contributed by atoms with Gasteiger partial charge in [0.2, 0.25) is 5.91 Å². The fourth-order valence-corrected chi connectivity index (χ4v) is 1.08. The van der Waals surface area contributed by atoms with Crippen LogP contribution in [0.2, 0.25) is 0 Å². The van der Waals surface area contributed by atoms with E-state index in [-0.39, 0.29) is 5.91 Å². The van der Waals surface area contributed by atoms with E-state index < -0.39 is 0 Å². The van der Waals surface area contributed by atoms with Crippen LogP contribution in [0, 0.1) is 11.8 Å². The third-order valence-electron chi connectivity index (χ3n) is 1.48. The lowest BCUT2D eigenvalue weighted by Crippen LogP contribution is -2.05. The Morgan fingerprint density at radius 2 is 2.36 bits per heavy atom. The van der Waals surface area contributed by atoms with E-state index in [9.17, 15) is 4.79 Å². The summed E-state index contributed by atoms with van der Waals surface area (Å²) in [5.41, 5.74) is 1.59. The van der Waals surface area contributed by atoms with Crippen LogP contribution in [0.15, 0.2) is 24.3 Å². The molecule has 2 nitrogen and oxygen atoms in total. The van der Waals surface area contributed by atoms with E-state index in [1.54, 1.807) is 6.07 Å². The third-order valence-corrected chi connectivity index (χ3v) is 1.62. The molecule has 1 aromatic carbocycles. The van der Waals surface area contributed by atoms with Gasteiger partial charge in [-0.3, -0.25) is 4.79 Å². The minimum atomic E-state index is -0.0903. The molecule has 1 N–H and O–H groups in total. The lowest BCUT2D eigenvalue weighted by atomic mass is 10.2. The minimum Gasteiger partial charge on any atom is -0.326 e. The molecule has 0 saturated carbocycles. The number of rotatable bonds is 1. The SMILES string of the molecule is CC(=O)Nc1cccc(C#CCCl)c1. The van der Waals surface area contributed by atoms with Crippen LogP contribution in [0.3, 0.4) is 0 Å². The number of hydrogen-bond acceptors (Lipinski definition) is 1. The summed E-state index contributed by atoms with van der Waals surface area (Å²) >= 11 is 5.43. The molecule has 1 aromatic rings. The quantitative estimate of drug-likeness (QED) is 0.556. The third kappa shape index (κ3) is 3.51. The molecule has 0 saturated heterocycles. The van der Waals surface area contributed by atoms with Gasteiger partial charge in [0.25, 0.3) is 0 Å². The summed E-state index contributed by atoms with van der Waals surface area (Å²) in [6, 6.07) is 7.32. The molecular weight excluding hydrogens is 198 g/mol. The van der Waals surface area contributed by atoms with Crippen LogP contribution in [0.4, 0.5) is 5.69 Å². The average molecular weight is 208 g/mol. The van der Waals surface area contributed by atoms with Crippen LogP contribution in [0.5, 0.6) is 0 Å². The highest BCUT2D eigenvalue weighted by molar-refractivity contribution is 6.19. The van der Waals surface area contributed by atoms with Gasteiger partial charge in [0.15, 0.2) is 0 Å². The fraction of sp³-hybridized carbons (Fsp3) is 0.182. The van der Waals surface area contributed by atoms with E-state index in [2.05, 4.69) is 17.2 Å². The Balaban J connectivity index is 2.84. The number of amides is 1. The zero-order valence-corrected chi connectivity index (χ0v) is 8.56. The fourth-order valence-electron chi connectivity index (χ4n) is 1.01. The van der Waals surface area contributed by atoms with E-state index in [4.69, 9.17) is 11.6 Å². The van der Waals surface area contributed by atoms with Crippen molar-refractivity contribution in [1.29, 1.82) is 0 Å². The predicted octanol–water partition coefficient (Wildman–Crippen LogP) is 2.24. The van der Waals surface area contributed by atoms with Gasteiger partial charge in [-0.25, -0.2) is 0 Å². The monoisotopic (exact) mass is 207 g/mol. The van der Waals surface area contributed by atoms with Crippen molar-refractivity contribution < 1.29 is 4.79 Å². The number of carbonyl (C=O) groups excluding carboxylic acids is 1. The summed E-state index contributed by atoms with van der Waals surface area (Å²) in [6.45, 7) is 1.47. The van der Waals surface area contributed by atoms with Crippen LogP contribution in [0.1, 0.15) is 12.5 Å². The molecule has 0 aliphatic carbocycles. The maximum atomic E-state index is 10.8. The van der Waals surface area contributed by atoms with E-state index in [0.29, 0.717) is 5.88 Å². The van der Waals surface area contributed by atoms with Crippen molar-refractivity contribution in [3.63, 3.8) is 0 Å². The van der Waals surface area contributed by atoms with E-state index in [1.807, 2.05) is 18.2 Å². The standard InChI is InChI=1S/C11H10ClNO/c1-9(14)13-11-6-2-4-10(8-11)5-3-7-12/h2,4,6,8H,7H2,1H3,(H,13,14). The number of anilines is 1. The van der Waals surface area contributed by atoms with Gasteiger partial charge in [-0.15, -0.1) is 11.6 Å². The Morgan fingerprint density at radius 1 is 1.57 bits per heavy atom. The Morgan fingerprint density at radius 3 is 3.00 bits per heavy atom. The first kappa shape index (κ1) is 10.6. The molecule has 0 aromatic heterocycles. The van der Waals surface area contributed by atoms with Gasteiger partial charge < -0.3 is 5.32 Å². The first-order valence-corrected chi connectivity index (χ1v) is 4.68. The Kier molecular flexibility index (Phi) is 4.03. The smallest absolute Gasteiger partial charge is 0.221 e. The lowest BCUT2D eigenvalue weighted by molar-refractivity contribution is -0.114. The zero-order chi connectivity index (χ0) is 10.4.